The molecular weight excluding hydrogens is 640 g/mol. The summed E-state index contributed by atoms with van der Waals surface area (Å²) < 4.78 is 10.7. The van der Waals surface area contributed by atoms with Crippen molar-refractivity contribution in [1.29, 1.82) is 5.41 Å². The van der Waals surface area contributed by atoms with Crippen molar-refractivity contribution in [2.45, 2.75) is 31.5 Å². The number of nitrogens with one attached hydrogen (secondary N) is 3. The van der Waals surface area contributed by atoms with Gasteiger partial charge in [-0.2, -0.15) is 0 Å². The summed E-state index contributed by atoms with van der Waals surface area (Å²) in [6, 6.07) is 26.1. The molecule has 4 amide bonds. The summed E-state index contributed by atoms with van der Waals surface area (Å²) in [5, 5.41) is 22.3. The second-order valence-electron chi connectivity index (χ2n) is 11.4. The maximum Gasteiger partial charge on any atom is 0.322 e. The molecule has 13 heteroatoms. The third-order valence-corrected chi connectivity index (χ3v) is 8.03. The summed E-state index contributed by atoms with van der Waals surface area (Å²) in [4.78, 5) is 53.2. The predicted molar refractivity (Wildman–Crippen MR) is 187 cm³/mol. The molecule has 0 spiro atoms. The molecule has 0 fully saturated rings. The Labute approximate surface area is 289 Å². The first-order valence-corrected chi connectivity index (χ1v) is 15.6. The largest absolute Gasteiger partial charge is 0.497 e. The van der Waals surface area contributed by atoms with E-state index in [0.29, 0.717) is 39.3 Å². The van der Waals surface area contributed by atoms with Gasteiger partial charge in [-0.1, -0.05) is 66.7 Å². The first-order valence-electron chi connectivity index (χ1n) is 15.6. The lowest BCUT2D eigenvalue weighted by Crippen LogP contribution is -2.52. The van der Waals surface area contributed by atoms with Gasteiger partial charge in [0.05, 0.1) is 20.1 Å². The molecule has 0 radical (unpaired) electrons. The van der Waals surface area contributed by atoms with Gasteiger partial charge in [0.15, 0.2) is 0 Å². The Bertz CT molecular complexity index is 1760. The van der Waals surface area contributed by atoms with Crippen LogP contribution in [0.15, 0.2) is 97.1 Å². The van der Waals surface area contributed by atoms with Crippen molar-refractivity contribution in [3.05, 3.63) is 130 Å². The highest BCUT2D eigenvalue weighted by atomic mass is 16.5. The van der Waals surface area contributed by atoms with Crippen LogP contribution in [0.25, 0.3) is 0 Å². The standard InChI is InChI=1S/C37H40N6O7/c1-49-29-14-10-26(11-15-29)33(27-12-16-30(50-2)17-13-27)36(47)43(22-24-8-6-23(7-9-24)20-42-37(40)48)31(35(46)41-21-32(44)45)19-25-4-3-5-28(18-25)34(38)39/h3-18,31,33H,19-22H2,1-2H3,(H3,38,39)(H,41,46)(H,44,45)(H3,40,42,48)/t31-/m1/s1. The Morgan fingerprint density at radius 1 is 0.780 bits per heavy atom. The van der Waals surface area contributed by atoms with Crippen LogP contribution in [-0.2, 0) is 33.9 Å². The van der Waals surface area contributed by atoms with Crippen molar-refractivity contribution in [1.82, 2.24) is 15.5 Å². The number of carbonyl (C=O) groups is 4. The molecule has 260 valence electrons. The van der Waals surface area contributed by atoms with Crippen molar-refractivity contribution in [2.24, 2.45) is 11.5 Å². The fourth-order valence-corrected chi connectivity index (χ4v) is 5.44. The zero-order chi connectivity index (χ0) is 36.2. The summed E-state index contributed by atoms with van der Waals surface area (Å²) in [6.45, 7) is -0.502. The summed E-state index contributed by atoms with van der Waals surface area (Å²) >= 11 is 0. The van der Waals surface area contributed by atoms with E-state index in [-0.39, 0.29) is 25.3 Å². The second-order valence-corrected chi connectivity index (χ2v) is 11.4. The van der Waals surface area contributed by atoms with Gasteiger partial charge in [-0.3, -0.25) is 19.8 Å². The Balaban J connectivity index is 1.86. The quantitative estimate of drug-likeness (QED) is 0.0763. The van der Waals surface area contributed by atoms with Crippen LogP contribution in [0.3, 0.4) is 0 Å². The van der Waals surface area contributed by atoms with Gasteiger partial charge in [0.1, 0.15) is 29.9 Å². The molecule has 13 nitrogen and oxygen atoms in total. The van der Waals surface area contributed by atoms with Crippen LogP contribution >= 0.6 is 0 Å². The number of carboxylic acid groups (broad SMARTS) is 1. The van der Waals surface area contributed by atoms with Gasteiger partial charge in [0, 0.05) is 25.1 Å². The highest BCUT2D eigenvalue weighted by Gasteiger charge is 2.36. The molecule has 0 saturated carbocycles. The third kappa shape index (κ3) is 9.83. The van der Waals surface area contributed by atoms with E-state index in [4.69, 9.17) is 26.4 Å². The van der Waals surface area contributed by atoms with Gasteiger partial charge in [-0.25, -0.2) is 4.79 Å². The Morgan fingerprint density at radius 2 is 1.34 bits per heavy atom. The van der Waals surface area contributed by atoms with Crippen LogP contribution < -0.4 is 31.6 Å². The Morgan fingerprint density at radius 3 is 1.84 bits per heavy atom. The number of nitrogens with zero attached hydrogens (tertiary/aromatic N) is 1. The van der Waals surface area contributed by atoms with E-state index < -0.39 is 42.3 Å². The highest BCUT2D eigenvalue weighted by Crippen LogP contribution is 2.32. The van der Waals surface area contributed by atoms with Crippen molar-refractivity contribution < 1.29 is 33.8 Å². The zero-order valence-electron chi connectivity index (χ0n) is 27.7. The number of carboxylic acids is 1. The first kappa shape index (κ1) is 36.5. The van der Waals surface area contributed by atoms with Crippen LogP contribution in [0.1, 0.15) is 39.3 Å². The summed E-state index contributed by atoms with van der Waals surface area (Å²) in [5.74, 6) is -2.25. The molecule has 0 unspecified atom stereocenters. The van der Waals surface area contributed by atoms with Gasteiger partial charge in [0.2, 0.25) is 11.8 Å². The number of nitrogens with two attached hydrogens (primary N) is 2. The topological polar surface area (TPSA) is 210 Å². The fourth-order valence-electron chi connectivity index (χ4n) is 5.44. The van der Waals surface area contributed by atoms with E-state index in [9.17, 15) is 19.5 Å². The van der Waals surface area contributed by atoms with E-state index in [1.165, 1.54) is 4.90 Å². The monoisotopic (exact) mass is 680 g/mol. The fraction of sp³-hybridized carbons (Fsp3) is 0.216. The molecule has 50 heavy (non-hydrogen) atoms. The Kier molecular flexibility index (Phi) is 12.5. The van der Waals surface area contributed by atoms with Gasteiger partial charge in [-0.15, -0.1) is 0 Å². The molecule has 0 aliphatic rings. The number of aliphatic carboxylic acids is 1. The summed E-state index contributed by atoms with van der Waals surface area (Å²) in [5.41, 5.74) is 14.7. The number of methoxy groups -OCH3 is 2. The minimum atomic E-state index is -1.25. The zero-order valence-corrected chi connectivity index (χ0v) is 27.7. The molecule has 0 aliphatic carbocycles. The molecule has 4 aromatic carbocycles. The summed E-state index contributed by atoms with van der Waals surface area (Å²) in [7, 11) is 3.08. The number of benzene rings is 4. The van der Waals surface area contributed by atoms with Crippen molar-refractivity contribution in [3.63, 3.8) is 0 Å². The number of amidine groups is 1. The van der Waals surface area contributed by atoms with E-state index >= 15 is 4.79 Å². The molecule has 0 saturated heterocycles. The van der Waals surface area contributed by atoms with Gasteiger partial charge in [0.25, 0.3) is 0 Å². The maximum atomic E-state index is 15.1. The number of hydrogen-bond donors (Lipinski definition) is 6. The van der Waals surface area contributed by atoms with Crippen molar-refractivity contribution in [3.8, 4) is 11.5 Å². The number of hydrogen-bond acceptors (Lipinski definition) is 7. The van der Waals surface area contributed by atoms with Gasteiger partial charge >= 0.3 is 12.0 Å². The minimum absolute atomic E-state index is 0.0170. The number of amides is 4. The number of nitrogen functional groups attached to an aromatic ring is 1. The normalized spacial score (nSPS) is 11.3. The average Bonchev–Trinajstić information content (AvgIpc) is 3.12. The highest BCUT2D eigenvalue weighted by molar-refractivity contribution is 5.95. The third-order valence-electron chi connectivity index (χ3n) is 8.03. The lowest BCUT2D eigenvalue weighted by atomic mass is 9.88. The molecule has 1 atom stereocenters. The number of primary amides is 1. The lowest BCUT2D eigenvalue weighted by Gasteiger charge is -2.34. The van der Waals surface area contributed by atoms with Crippen LogP contribution in [0.2, 0.25) is 0 Å². The molecule has 0 bridgehead atoms. The van der Waals surface area contributed by atoms with E-state index in [2.05, 4.69) is 10.6 Å². The van der Waals surface area contributed by atoms with Crippen LogP contribution in [0, 0.1) is 5.41 Å². The lowest BCUT2D eigenvalue weighted by molar-refractivity contribution is -0.143. The molecular formula is C37H40N6O7. The average molecular weight is 681 g/mol. The molecule has 8 N–H and O–H groups in total. The molecule has 0 heterocycles. The SMILES string of the molecule is COc1ccc(C(C(=O)N(Cc2ccc(CNC(N)=O)cc2)[C@H](Cc2cccc(C(=N)N)c2)C(=O)NCC(=O)O)c2ccc(OC)cc2)cc1. The minimum Gasteiger partial charge on any atom is -0.497 e. The predicted octanol–water partition coefficient (Wildman–Crippen LogP) is 3.13. The van der Waals surface area contributed by atoms with Gasteiger partial charge < -0.3 is 41.6 Å². The number of carbonyl (C=O) groups excluding carboxylic acids is 3. The second kappa shape index (κ2) is 17.2. The molecule has 4 rings (SSSR count). The van der Waals surface area contributed by atoms with Crippen LogP contribution in [0.4, 0.5) is 4.79 Å². The summed E-state index contributed by atoms with van der Waals surface area (Å²) in [6.07, 6.45) is -0.0170. The van der Waals surface area contributed by atoms with Crippen LogP contribution in [-0.4, -0.2) is 66.5 Å². The van der Waals surface area contributed by atoms with Crippen molar-refractivity contribution >= 4 is 29.7 Å². The van der Waals surface area contributed by atoms with E-state index in [1.807, 2.05) is 0 Å². The Hall–Kier alpha value is -6.37. The van der Waals surface area contributed by atoms with Crippen molar-refractivity contribution in [2.75, 3.05) is 20.8 Å². The number of ether oxygens (including phenoxy) is 2. The smallest absolute Gasteiger partial charge is 0.322 e. The molecule has 0 aliphatic heterocycles. The number of rotatable bonds is 16. The van der Waals surface area contributed by atoms with Crippen LogP contribution in [0.5, 0.6) is 11.5 Å². The first-order chi connectivity index (χ1) is 24.0. The molecule has 0 aromatic heterocycles. The molecule has 4 aromatic rings. The van der Waals surface area contributed by atoms with Gasteiger partial charge in [-0.05, 0) is 58.1 Å². The van der Waals surface area contributed by atoms with E-state index in [1.54, 1.807) is 111 Å². The number of urea groups is 1. The van der Waals surface area contributed by atoms with E-state index in [0.717, 1.165) is 5.56 Å². The maximum absolute atomic E-state index is 15.1.